The minimum absolute atomic E-state index is 0.284. The number of nitrogens with zero attached hydrogens (tertiary/aromatic N) is 2. The quantitative estimate of drug-likeness (QED) is 0.671. The van der Waals surface area contributed by atoms with Crippen molar-refractivity contribution in [3.05, 3.63) is 24.4 Å². The molecule has 0 aliphatic carbocycles. The highest BCUT2D eigenvalue weighted by molar-refractivity contribution is 6.06. The fourth-order valence-electron chi connectivity index (χ4n) is 1.71. The Morgan fingerprint density at radius 1 is 1.31 bits per heavy atom. The first-order valence-corrected chi connectivity index (χ1v) is 4.77. The van der Waals surface area contributed by atoms with E-state index in [1.54, 1.807) is 13.3 Å². The van der Waals surface area contributed by atoms with Crippen molar-refractivity contribution in [1.29, 1.82) is 0 Å². The van der Waals surface area contributed by atoms with Gasteiger partial charge in [0.25, 0.3) is 0 Å². The molecule has 0 radical (unpaired) electrons. The molecule has 2 aromatic heterocycles. The maximum absolute atomic E-state index is 5.64. The van der Waals surface area contributed by atoms with Gasteiger partial charge in [0.05, 0.1) is 18.0 Å². The van der Waals surface area contributed by atoms with Crippen molar-refractivity contribution in [2.24, 2.45) is 0 Å². The van der Waals surface area contributed by atoms with Crippen LogP contribution in [0.5, 0.6) is 5.75 Å². The first-order chi connectivity index (χ1) is 7.79. The summed E-state index contributed by atoms with van der Waals surface area (Å²) in [6, 6.07) is 5.59. The Labute approximate surface area is 90.8 Å². The van der Waals surface area contributed by atoms with Gasteiger partial charge in [-0.15, -0.1) is 0 Å². The predicted molar refractivity (Wildman–Crippen MR) is 60.3 cm³/mol. The van der Waals surface area contributed by atoms with Crippen LogP contribution in [0.15, 0.2) is 28.9 Å². The number of hydrogen-bond donors (Lipinski definition) is 1. The summed E-state index contributed by atoms with van der Waals surface area (Å²) in [6.07, 6.45) is 1.66. The van der Waals surface area contributed by atoms with Crippen LogP contribution in [0.3, 0.4) is 0 Å². The molecule has 0 saturated carbocycles. The highest BCUT2D eigenvalue weighted by atomic mass is 16.5. The lowest BCUT2D eigenvalue weighted by Gasteiger charge is -2.01. The second-order valence-electron chi connectivity index (χ2n) is 3.45. The van der Waals surface area contributed by atoms with Crippen molar-refractivity contribution in [3.63, 3.8) is 0 Å². The Morgan fingerprint density at radius 3 is 3.00 bits per heavy atom. The summed E-state index contributed by atoms with van der Waals surface area (Å²) >= 11 is 0. The van der Waals surface area contributed by atoms with Gasteiger partial charge in [-0.1, -0.05) is 5.16 Å². The molecular weight excluding hydrogens is 206 g/mol. The molecule has 2 N–H and O–H groups in total. The van der Waals surface area contributed by atoms with Crippen molar-refractivity contribution < 1.29 is 9.26 Å². The minimum atomic E-state index is 0.284. The third-order valence-electron chi connectivity index (χ3n) is 2.55. The van der Waals surface area contributed by atoms with Crippen LogP contribution in [0.2, 0.25) is 0 Å². The summed E-state index contributed by atoms with van der Waals surface area (Å²) in [6.45, 7) is 0. The Kier molecular flexibility index (Phi) is 1.73. The molecule has 3 aromatic rings. The van der Waals surface area contributed by atoms with Crippen molar-refractivity contribution in [2.75, 3.05) is 12.8 Å². The lowest BCUT2D eigenvalue weighted by atomic mass is 10.1. The molecule has 2 heterocycles. The lowest BCUT2D eigenvalue weighted by molar-refractivity contribution is 0.415. The number of aromatic nitrogens is 2. The molecule has 0 bridgehead atoms. The second-order valence-corrected chi connectivity index (χ2v) is 3.45. The summed E-state index contributed by atoms with van der Waals surface area (Å²) in [5.74, 6) is 1.04. The van der Waals surface area contributed by atoms with Gasteiger partial charge in [-0.3, -0.25) is 4.98 Å². The van der Waals surface area contributed by atoms with Crippen LogP contribution < -0.4 is 10.5 Å². The maximum atomic E-state index is 5.64. The molecule has 16 heavy (non-hydrogen) atoms. The van der Waals surface area contributed by atoms with E-state index in [1.807, 2.05) is 18.2 Å². The second kappa shape index (κ2) is 3.10. The normalized spacial score (nSPS) is 11.1. The predicted octanol–water partition coefficient (Wildman–Crippen LogP) is 1.97. The molecule has 1 aromatic carbocycles. The molecule has 0 saturated heterocycles. The van der Waals surface area contributed by atoms with E-state index in [9.17, 15) is 0 Å². The van der Waals surface area contributed by atoms with E-state index in [0.717, 1.165) is 22.0 Å². The summed E-state index contributed by atoms with van der Waals surface area (Å²) in [5.41, 5.74) is 7.18. The largest absolute Gasteiger partial charge is 0.497 e. The van der Waals surface area contributed by atoms with Crippen molar-refractivity contribution in [1.82, 2.24) is 10.1 Å². The topological polar surface area (TPSA) is 74.2 Å². The van der Waals surface area contributed by atoms with Crippen LogP contribution >= 0.6 is 0 Å². The Morgan fingerprint density at radius 2 is 2.19 bits per heavy atom. The molecule has 0 aliphatic heterocycles. The van der Waals surface area contributed by atoms with Crippen LogP contribution in [0.25, 0.3) is 21.8 Å². The molecule has 5 heteroatoms. The zero-order valence-electron chi connectivity index (χ0n) is 8.60. The number of ether oxygens (including phenoxy) is 1. The van der Waals surface area contributed by atoms with Crippen molar-refractivity contribution in [3.8, 4) is 5.75 Å². The average Bonchev–Trinajstić information content (AvgIpc) is 2.71. The molecule has 0 aliphatic rings. The van der Waals surface area contributed by atoms with E-state index in [4.69, 9.17) is 15.0 Å². The van der Waals surface area contributed by atoms with E-state index in [2.05, 4.69) is 10.1 Å². The highest BCUT2D eigenvalue weighted by Crippen LogP contribution is 2.28. The minimum Gasteiger partial charge on any atom is -0.497 e. The summed E-state index contributed by atoms with van der Waals surface area (Å²) in [7, 11) is 1.62. The average molecular weight is 215 g/mol. The zero-order valence-corrected chi connectivity index (χ0v) is 8.60. The van der Waals surface area contributed by atoms with Gasteiger partial charge in [0, 0.05) is 11.6 Å². The van der Waals surface area contributed by atoms with E-state index >= 15 is 0 Å². The number of anilines is 1. The molecule has 0 amide bonds. The van der Waals surface area contributed by atoms with Gasteiger partial charge in [0.1, 0.15) is 11.3 Å². The highest BCUT2D eigenvalue weighted by Gasteiger charge is 2.10. The molecule has 5 nitrogen and oxygen atoms in total. The van der Waals surface area contributed by atoms with Gasteiger partial charge < -0.3 is 15.0 Å². The fourth-order valence-corrected chi connectivity index (χ4v) is 1.71. The maximum Gasteiger partial charge on any atom is 0.231 e. The Hall–Kier alpha value is -2.30. The van der Waals surface area contributed by atoms with Crippen LogP contribution in [-0.2, 0) is 0 Å². The zero-order chi connectivity index (χ0) is 11.1. The van der Waals surface area contributed by atoms with Crippen LogP contribution in [0.1, 0.15) is 0 Å². The molecule has 80 valence electrons. The first-order valence-electron chi connectivity index (χ1n) is 4.77. The van der Waals surface area contributed by atoms with E-state index in [-0.39, 0.29) is 5.88 Å². The number of fused-ring (bicyclic) bond motifs is 3. The number of rotatable bonds is 1. The standard InChI is InChI=1S/C11H9N3O2/c1-15-6-2-3-9-7(4-6)10-8(5-13-9)11(12)16-14-10/h2-5H,12H2,1H3. The monoisotopic (exact) mass is 215 g/mol. The molecule has 0 fully saturated rings. The van der Waals surface area contributed by atoms with Gasteiger partial charge in [-0.2, -0.15) is 0 Å². The van der Waals surface area contributed by atoms with Crippen molar-refractivity contribution >= 4 is 27.7 Å². The fraction of sp³-hybridized carbons (Fsp3) is 0.0909. The first kappa shape index (κ1) is 8.96. The Balaban J connectivity index is 2.47. The Bertz CT molecular complexity index is 675. The number of pyridine rings is 1. The van der Waals surface area contributed by atoms with Gasteiger partial charge in [-0.05, 0) is 18.2 Å². The van der Waals surface area contributed by atoms with Gasteiger partial charge in [-0.25, -0.2) is 0 Å². The smallest absolute Gasteiger partial charge is 0.231 e. The molecule has 3 rings (SSSR count). The number of hydrogen-bond acceptors (Lipinski definition) is 5. The van der Waals surface area contributed by atoms with Crippen LogP contribution in [0, 0.1) is 0 Å². The summed E-state index contributed by atoms with van der Waals surface area (Å²) in [5, 5.41) is 5.52. The lowest BCUT2D eigenvalue weighted by Crippen LogP contribution is -1.86. The van der Waals surface area contributed by atoms with Gasteiger partial charge >= 0.3 is 0 Å². The SMILES string of the molecule is COc1ccc2ncc3c(N)onc3c2c1. The molecule has 0 unspecified atom stereocenters. The number of methoxy groups -OCH3 is 1. The number of benzene rings is 1. The van der Waals surface area contributed by atoms with E-state index in [0.29, 0.717) is 5.52 Å². The van der Waals surface area contributed by atoms with E-state index < -0.39 is 0 Å². The van der Waals surface area contributed by atoms with Crippen LogP contribution in [0.4, 0.5) is 5.88 Å². The summed E-state index contributed by atoms with van der Waals surface area (Å²) in [4.78, 5) is 4.28. The molecule has 0 spiro atoms. The van der Waals surface area contributed by atoms with Gasteiger partial charge in [0.2, 0.25) is 5.88 Å². The number of nitrogen functional groups attached to an aromatic ring is 1. The third-order valence-corrected chi connectivity index (χ3v) is 2.55. The summed E-state index contributed by atoms with van der Waals surface area (Å²) < 4.78 is 10.1. The third kappa shape index (κ3) is 1.11. The number of nitrogens with two attached hydrogens (primary N) is 1. The molecular formula is C11H9N3O2. The molecule has 0 atom stereocenters. The van der Waals surface area contributed by atoms with Crippen molar-refractivity contribution in [2.45, 2.75) is 0 Å². The van der Waals surface area contributed by atoms with E-state index in [1.165, 1.54) is 0 Å². The van der Waals surface area contributed by atoms with Gasteiger partial charge in [0.15, 0.2) is 0 Å². The van der Waals surface area contributed by atoms with Crippen LogP contribution in [-0.4, -0.2) is 17.3 Å².